The molecule has 4 aromatic carbocycles. The van der Waals surface area contributed by atoms with Gasteiger partial charge in [-0.1, -0.05) is 60.7 Å². The van der Waals surface area contributed by atoms with Crippen molar-refractivity contribution in [1.29, 1.82) is 0 Å². The van der Waals surface area contributed by atoms with Crippen LogP contribution in [0, 0.1) is 0 Å². The number of carbonyl (C=O) groups excluding carboxylic acids is 2. The lowest BCUT2D eigenvalue weighted by atomic mass is 9.80. The largest absolute Gasteiger partial charge is 0.493 e. The van der Waals surface area contributed by atoms with Crippen LogP contribution in [0.15, 0.2) is 78.9 Å². The van der Waals surface area contributed by atoms with Gasteiger partial charge in [0.05, 0.1) is 19.6 Å². The minimum absolute atomic E-state index is 0.0749. The van der Waals surface area contributed by atoms with Crippen molar-refractivity contribution in [2.24, 2.45) is 0 Å². The minimum atomic E-state index is -0.615. The Kier molecular flexibility index (Phi) is 5.21. The Morgan fingerprint density at radius 3 is 2.03 bits per heavy atom. The molecule has 0 aliphatic heterocycles. The van der Waals surface area contributed by atoms with Crippen molar-refractivity contribution in [3.63, 3.8) is 0 Å². The Hall–Kier alpha value is -3.92. The maximum Gasteiger partial charge on any atom is 0.193 e. The average molecular weight is 437 g/mol. The monoisotopic (exact) mass is 436 g/mol. The Labute approximate surface area is 192 Å². The Balaban J connectivity index is 1.93. The summed E-state index contributed by atoms with van der Waals surface area (Å²) in [6.45, 7) is 0. The summed E-state index contributed by atoms with van der Waals surface area (Å²) in [4.78, 5) is 26.2. The zero-order chi connectivity index (χ0) is 23.0. The zero-order valence-electron chi connectivity index (χ0n) is 18.6. The van der Waals surface area contributed by atoms with Gasteiger partial charge >= 0.3 is 0 Å². The average Bonchev–Trinajstić information content (AvgIpc) is 3.68. The van der Waals surface area contributed by atoms with Crippen LogP contribution in [0.1, 0.15) is 34.3 Å². The Morgan fingerprint density at radius 2 is 1.45 bits per heavy atom. The van der Waals surface area contributed by atoms with Gasteiger partial charge in [0.15, 0.2) is 17.3 Å². The molecule has 0 unspecified atom stereocenters. The maximum atomic E-state index is 13.8. The third-order valence-electron chi connectivity index (χ3n) is 6.50. The minimum Gasteiger partial charge on any atom is -0.493 e. The number of ether oxygens (including phenoxy) is 2. The summed E-state index contributed by atoms with van der Waals surface area (Å²) in [5, 5.41) is 1.75. The molecule has 0 bridgehead atoms. The van der Waals surface area contributed by atoms with E-state index >= 15 is 0 Å². The van der Waals surface area contributed by atoms with Crippen molar-refractivity contribution in [2.75, 3.05) is 14.2 Å². The highest BCUT2D eigenvalue weighted by atomic mass is 16.5. The van der Waals surface area contributed by atoms with Crippen molar-refractivity contribution in [3.8, 4) is 22.6 Å². The first-order chi connectivity index (χ1) is 16.1. The number of rotatable bonds is 7. The number of hydrogen-bond donors (Lipinski definition) is 0. The molecule has 0 radical (unpaired) electrons. The third kappa shape index (κ3) is 3.48. The molecule has 0 spiro atoms. The fourth-order valence-electron chi connectivity index (χ4n) is 4.63. The van der Waals surface area contributed by atoms with Crippen molar-refractivity contribution in [1.82, 2.24) is 0 Å². The van der Waals surface area contributed by atoms with Gasteiger partial charge in [0.2, 0.25) is 0 Å². The number of fused-ring (bicyclic) bond motifs is 1. The third-order valence-corrected chi connectivity index (χ3v) is 6.50. The van der Waals surface area contributed by atoms with Gasteiger partial charge < -0.3 is 14.3 Å². The van der Waals surface area contributed by atoms with E-state index in [1.165, 1.54) is 0 Å². The fourth-order valence-corrected chi connectivity index (χ4v) is 4.63. The number of ketones is 1. The van der Waals surface area contributed by atoms with Crippen LogP contribution in [0.3, 0.4) is 0 Å². The molecule has 0 N–H and O–H groups in total. The molecule has 1 saturated carbocycles. The smallest absolute Gasteiger partial charge is 0.193 e. The van der Waals surface area contributed by atoms with Crippen molar-refractivity contribution in [3.05, 3.63) is 95.6 Å². The van der Waals surface area contributed by atoms with E-state index in [1.54, 1.807) is 14.2 Å². The number of benzene rings is 4. The zero-order valence-corrected chi connectivity index (χ0v) is 18.6. The van der Waals surface area contributed by atoms with E-state index in [-0.39, 0.29) is 5.78 Å². The Morgan fingerprint density at radius 1 is 0.848 bits per heavy atom. The first-order valence-corrected chi connectivity index (χ1v) is 11.0. The highest BCUT2D eigenvalue weighted by molar-refractivity contribution is 6.17. The van der Waals surface area contributed by atoms with Crippen LogP contribution in [0.4, 0.5) is 0 Å². The van der Waals surface area contributed by atoms with Crippen molar-refractivity contribution < 1.29 is 19.1 Å². The molecule has 4 heteroatoms. The lowest BCUT2D eigenvalue weighted by Gasteiger charge is -2.22. The molecule has 33 heavy (non-hydrogen) atoms. The molecule has 1 aliphatic carbocycles. The van der Waals surface area contributed by atoms with E-state index in [9.17, 15) is 9.59 Å². The van der Waals surface area contributed by atoms with Gasteiger partial charge in [-0.3, -0.25) is 4.79 Å². The van der Waals surface area contributed by atoms with E-state index in [4.69, 9.17) is 9.47 Å². The van der Waals surface area contributed by atoms with Gasteiger partial charge in [-0.25, -0.2) is 0 Å². The van der Waals surface area contributed by atoms with Crippen LogP contribution in [-0.2, 0) is 10.2 Å². The van der Waals surface area contributed by atoms with Crippen LogP contribution in [0.2, 0.25) is 0 Å². The van der Waals surface area contributed by atoms with Gasteiger partial charge in [-0.2, -0.15) is 0 Å². The molecule has 0 atom stereocenters. The summed E-state index contributed by atoms with van der Waals surface area (Å²) in [6.07, 6.45) is 2.55. The van der Waals surface area contributed by atoms with Crippen molar-refractivity contribution in [2.45, 2.75) is 18.3 Å². The van der Waals surface area contributed by atoms with Crippen LogP contribution in [0.5, 0.6) is 11.5 Å². The van der Waals surface area contributed by atoms with E-state index in [0.29, 0.717) is 22.6 Å². The highest BCUT2D eigenvalue weighted by Crippen LogP contribution is 2.54. The van der Waals surface area contributed by atoms with Crippen LogP contribution in [-0.4, -0.2) is 26.3 Å². The molecule has 1 aliphatic rings. The summed E-state index contributed by atoms with van der Waals surface area (Å²) < 4.78 is 11.1. The lowest BCUT2D eigenvalue weighted by molar-refractivity contribution is -0.109. The molecule has 1 fully saturated rings. The van der Waals surface area contributed by atoms with E-state index in [2.05, 4.69) is 0 Å². The molecule has 0 aromatic heterocycles. The molecule has 0 saturated heterocycles. The fraction of sp³-hybridized carbons (Fsp3) is 0.172. The molecule has 0 heterocycles. The SMILES string of the molecule is COc1cc2cc(C(=O)c3ccccc3)c(-c3ccccc3)c(C3(C=O)CC3)c2cc1OC. The van der Waals surface area contributed by atoms with Crippen molar-refractivity contribution >= 4 is 22.8 Å². The summed E-state index contributed by atoms with van der Waals surface area (Å²) in [7, 11) is 3.19. The van der Waals surface area contributed by atoms with E-state index < -0.39 is 5.41 Å². The number of carbonyl (C=O) groups is 2. The second-order valence-electron chi connectivity index (χ2n) is 8.44. The van der Waals surface area contributed by atoms with Gasteiger partial charge in [0, 0.05) is 11.1 Å². The van der Waals surface area contributed by atoms with Gasteiger partial charge in [-0.15, -0.1) is 0 Å². The molecule has 4 aromatic rings. The maximum absolute atomic E-state index is 13.8. The topological polar surface area (TPSA) is 52.6 Å². The second-order valence-corrected chi connectivity index (χ2v) is 8.44. The predicted molar refractivity (Wildman–Crippen MR) is 129 cm³/mol. The number of methoxy groups -OCH3 is 2. The standard InChI is InChI=1S/C29H24O4/c1-32-24-16-21-15-23(28(31)20-11-7-4-8-12-20)26(19-9-5-3-6-10-19)27(29(18-30)13-14-29)22(21)17-25(24)33-2/h3-12,15-18H,13-14H2,1-2H3. The highest BCUT2D eigenvalue weighted by Gasteiger charge is 2.47. The molecular weight excluding hydrogens is 412 g/mol. The molecule has 5 rings (SSSR count). The van der Waals surface area contributed by atoms with Gasteiger partial charge in [-0.05, 0) is 58.5 Å². The molecule has 0 amide bonds. The Bertz CT molecular complexity index is 1350. The summed E-state index contributed by atoms with van der Waals surface area (Å²) in [6, 6.07) is 24.8. The molecule has 4 nitrogen and oxygen atoms in total. The number of hydrogen-bond acceptors (Lipinski definition) is 4. The first kappa shape index (κ1) is 21.0. The van der Waals surface area contributed by atoms with E-state index in [0.717, 1.165) is 46.6 Å². The van der Waals surface area contributed by atoms with Crippen LogP contribution >= 0.6 is 0 Å². The summed E-state index contributed by atoms with van der Waals surface area (Å²) >= 11 is 0. The van der Waals surface area contributed by atoms with Crippen LogP contribution < -0.4 is 9.47 Å². The second kappa shape index (κ2) is 8.21. The number of aldehydes is 1. The summed E-state index contributed by atoms with van der Waals surface area (Å²) in [5.74, 6) is 1.10. The quantitative estimate of drug-likeness (QED) is 0.264. The van der Waals surface area contributed by atoms with Gasteiger partial charge in [0.25, 0.3) is 0 Å². The molecular formula is C29H24O4. The normalized spacial score (nSPS) is 14.0. The lowest BCUT2D eigenvalue weighted by Crippen LogP contribution is -2.15. The first-order valence-electron chi connectivity index (χ1n) is 11.0. The van der Waals surface area contributed by atoms with Gasteiger partial charge in [0.1, 0.15) is 6.29 Å². The van der Waals surface area contributed by atoms with Crippen LogP contribution in [0.25, 0.3) is 21.9 Å². The summed E-state index contributed by atoms with van der Waals surface area (Å²) in [5.41, 5.74) is 3.19. The predicted octanol–water partition coefficient (Wildman–Crippen LogP) is 5.99. The van der Waals surface area contributed by atoms with E-state index in [1.807, 2.05) is 78.9 Å². The molecule has 164 valence electrons.